The Balaban J connectivity index is 1.51. The van der Waals surface area contributed by atoms with Crippen molar-refractivity contribution in [3.8, 4) is 0 Å². The van der Waals surface area contributed by atoms with Crippen LogP contribution in [0.3, 0.4) is 0 Å². The summed E-state index contributed by atoms with van der Waals surface area (Å²) < 4.78 is 0. The number of benzene rings is 1. The van der Waals surface area contributed by atoms with Gasteiger partial charge in [-0.1, -0.05) is 12.1 Å². The molecule has 3 rings (SSSR count). The molecule has 0 saturated carbocycles. The van der Waals surface area contributed by atoms with Crippen LogP contribution in [0, 0.1) is 0 Å². The number of amides is 3. The van der Waals surface area contributed by atoms with Gasteiger partial charge >= 0.3 is 6.03 Å². The van der Waals surface area contributed by atoms with Crippen molar-refractivity contribution in [2.24, 2.45) is 0 Å². The molecule has 0 bridgehead atoms. The predicted molar refractivity (Wildman–Crippen MR) is 107 cm³/mol. The summed E-state index contributed by atoms with van der Waals surface area (Å²) in [5.74, 6) is 0.288. The van der Waals surface area contributed by atoms with E-state index in [0.717, 1.165) is 37.9 Å². The SMILES string of the molecule is CNC(=O)N1CCCC(c2cccc(C(=O)NCCCN3CCCC3)c2)C1. The van der Waals surface area contributed by atoms with E-state index in [4.69, 9.17) is 0 Å². The molecule has 1 aromatic rings. The first-order valence-electron chi connectivity index (χ1n) is 10.2. The van der Waals surface area contributed by atoms with Gasteiger partial charge in [-0.3, -0.25) is 4.79 Å². The molecule has 0 spiro atoms. The number of hydrogen-bond acceptors (Lipinski definition) is 3. The number of hydrogen-bond donors (Lipinski definition) is 2. The van der Waals surface area contributed by atoms with Gasteiger partial charge in [0.2, 0.25) is 0 Å². The minimum absolute atomic E-state index is 0.00256. The Kier molecular flexibility index (Phi) is 7.10. The molecular formula is C21H32N4O2. The van der Waals surface area contributed by atoms with E-state index in [9.17, 15) is 9.59 Å². The van der Waals surface area contributed by atoms with E-state index < -0.39 is 0 Å². The Morgan fingerprint density at radius 1 is 1.15 bits per heavy atom. The number of rotatable bonds is 6. The summed E-state index contributed by atoms with van der Waals surface area (Å²) in [6.45, 7) is 5.69. The van der Waals surface area contributed by atoms with Crippen LogP contribution in [0.15, 0.2) is 24.3 Å². The molecule has 0 aliphatic carbocycles. The molecule has 1 unspecified atom stereocenters. The molecule has 148 valence electrons. The zero-order valence-electron chi connectivity index (χ0n) is 16.4. The van der Waals surface area contributed by atoms with E-state index in [-0.39, 0.29) is 11.9 Å². The van der Waals surface area contributed by atoms with Crippen molar-refractivity contribution in [1.29, 1.82) is 0 Å². The van der Waals surface area contributed by atoms with Gasteiger partial charge in [0, 0.05) is 38.2 Å². The molecule has 2 aliphatic heterocycles. The number of nitrogens with zero attached hydrogens (tertiary/aromatic N) is 2. The van der Waals surface area contributed by atoms with Gasteiger partial charge in [0.1, 0.15) is 0 Å². The monoisotopic (exact) mass is 372 g/mol. The van der Waals surface area contributed by atoms with Crippen LogP contribution in [0.4, 0.5) is 4.79 Å². The molecule has 1 aromatic carbocycles. The van der Waals surface area contributed by atoms with Crippen LogP contribution in [0.5, 0.6) is 0 Å². The standard InChI is InChI=1S/C21H32N4O2/c1-22-21(27)25-14-5-9-19(16-25)17-7-4-8-18(15-17)20(26)23-10-6-13-24-11-2-3-12-24/h4,7-8,15,19H,2-3,5-6,9-14,16H2,1H3,(H,22,27)(H,23,26). The summed E-state index contributed by atoms with van der Waals surface area (Å²) in [6.07, 6.45) is 5.64. The third-order valence-electron chi connectivity index (χ3n) is 5.68. The summed E-state index contributed by atoms with van der Waals surface area (Å²) in [6, 6.07) is 7.87. The highest BCUT2D eigenvalue weighted by Crippen LogP contribution is 2.27. The molecule has 2 N–H and O–H groups in total. The van der Waals surface area contributed by atoms with Crippen molar-refractivity contribution in [2.45, 2.75) is 38.0 Å². The van der Waals surface area contributed by atoms with Gasteiger partial charge in [0.25, 0.3) is 5.91 Å². The smallest absolute Gasteiger partial charge is 0.317 e. The maximum Gasteiger partial charge on any atom is 0.317 e. The van der Waals surface area contributed by atoms with E-state index in [2.05, 4.69) is 21.6 Å². The van der Waals surface area contributed by atoms with E-state index in [1.54, 1.807) is 7.05 Å². The summed E-state index contributed by atoms with van der Waals surface area (Å²) in [5.41, 5.74) is 1.86. The highest BCUT2D eigenvalue weighted by Gasteiger charge is 2.24. The van der Waals surface area contributed by atoms with Crippen LogP contribution < -0.4 is 10.6 Å². The third kappa shape index (κ3) is 5.45. The number of urea groups is 1. The lowest BCUT2D eigenvalue weighted by atomic mass is 9.89. The van der Waals surface area contributed by atoms with Crippen molar-refractivity contribution in [1.82, 2.24) is 20.4 Å². The average Bonchev–Trinajstić information content (AvgIpc) is 3.24. The summed E-state index contributed by atoms with van der Waals surface area (Å²) in [7, 11) is 1.67. The fraction of sp³-hybridized carbons (Fsp3) is 0.619. The molecule has 3 amide bonds. The van der Waals surface area contributed by atoms with Gasteiger partial charge in [0.05, 0.1) is 0 Å². The van der Waals surface area contributed by atoms with Crippen LogP contribution in [0.25, 0.3) is 0 Å². The normalized spacial score (nSPS) is 20.5. The molecule has 2 heterocycles. The molecule has 6 heteroatoms. The Morgan fingerprint density at radius 2 is 1.96 bits per heavy atom. The summed E-state index contributed by atoms with van der Waals surface area (Å²) in [4.78, 5) is 28.7. The number of likely N-dealkylation sites (tertiary alicyclic amines) is 2. The highest BCUT2D eigenvalue weighted by atomic mass is 16.2. The maximum atomic E-state index is 12.5. The van der Waals surface area contributed by atoms with Gasteiger partial charge in [-0.25, -0.2) is 4.79 Å². The van der Waals surface area contributed by atoms with Crippen molar-refractivity contribution in [3.63, 3.8) is 0 Å². The minimum atomic E-state index is -0.0217. The average molecular weight is 373 g/mol. The van der Waals surface area contributed by atoms with E-state index in [1.807, 2.05) is 23.1 Å². The Labute approximate surface area is 162 Å². The van der Waals surface area contributed by atoms with Crippen LogP contribution in [0.1, 0.15) is 53.9 Å². The Hall–Kier alpha value is -2.08. The van der Waals surface area contributed by atoms with E-state index >= 15 is 0 Å². The summed E-state index contributed by atoms with van der Waals surface area (Å²) >= 11 is 0. The number of nitrogens with one attached hydrogen (secondary N) is 2. The van der Waals surface area contributed by atoms with Crippen LogP contribution in [-0.2, 0) is 0 Å². The largest absolute Gasteiger partial charge is 0.352 e. The Morgan fingerprint density at radius 3 is 2.74 bits per heavy atom. The molecule has 0 aromatic heterocycles. The predicted octanol–water partition coefficient (Wildman–Crippen LogP) is 2.42. The molecule has 27 heavy (non-hydrogen) atoms. The maximum absolute atomic E-state index is 12.5. The quantitative estimate of drug-likeness (QED) is 0.754. The second-order valence-corrected chi connectivity index (χ2v) is 7.62. The second-order valence-electron chi connectivity index (χ2n) is 7.62. The molecular weight excluding hydrogens is 340 g/mol. The van der Waals surface area contributed by atoms with E-state index in [1.165, 1.54) is 25.9 Å². The third-order valence-corrected chi connectivity index (χ3v) is 5.68. The lowest BCUT2D eigenvalue weighted by molar-refractivity contribution is 0.0951. The summed E-state index contributed by atoms with van der Waals surface area (Å²) in [5, 5.41) is 5.75. The van der Waals surface area contributed by atoms with Crippen LogP contribution in [-0.4, -0.2) is 68.1 Å². The first kappa shape index (κ1) is 19.7. The number of carbonyl (C=O) groups is 2. The first-order chi connectivity index (χ1) is 13.2. The van der Waals surface area contributed by atoms with Crippen LogP contribution >= 0.6 is 0 Å². The van der Waals surface area contributed by atoms with Gasteiger partial charge in [-0.15, -0.1) is 0 Å². The molecule has 0 radical (unpaired) electrons. The minimum Gasteiger partial charge on any atom is -0.352 e. The Bertz CT molecular complexity index is 643. The van der Waals surface area contributed by atoms with Crippen molar-refractivity contribution < 1.29 is 9.59 Å². The molecule has 1 atom stereocenters. The van der Waals surface area contributed by atoms with E-state index in [0.29, 0.717) is 24.6 Å². The zero-order valence-corrected chi connectivity index (χ0v) is 16.4. The molecule has 2 aliphatic rings. The van der Waals surface area contributed by atoms with Crippen molar-refractivity contribution in [3.05, 3.63) is 35.4 Å². The molecule has 2 fully saturated rings. The van der Waals surface area contributed by atoms with Gasteiger partial charge in [-0.2, -0.15) is 0 Å². The fourth-order valence-corrected chi connectivity index (χ4v) is 4.14. The lowest BCUT2D eigenvalue weighted by Gasteiger charge is -2.32. The lowest BCUT2D eigenvalue weighted by Crippen LogP contribution is -2.43. The second kappa shape index (κ2) is 9.74. The molecule has 2 saturated heterocycles. The number of carbonyl (C=O) groups excluding carboxylic acids is 2. The van der Waals surface area contributed by atoms with Crippen molar-refractivity contribution >= 4 is 11.9 Å². The molecule has 6 nitrogen and oxygen atoms in total. The van der Waals surface area contributed by atoms with Crippen LogP contribution in [0.2, 0.25) is 0 Å². The topological polar surface area (TPSA) is 64.7 Å². The first-order valence-corrected chi connectivity index (χ1v) is 10.2. The fourth-order valence-electron chi connectivity index (χ4n) is 4.14. The van der Waals surface area contributed by atoms with Gasteiger partial charge in [0.15, 0.2) is 0 Å². The van der Waals surface area contributed by atoms with Gasteiger partial charge in [-0.05, 0) is 69.4 Å². The van der Waals surface area contributed by atoms with Crippen molar-refractivity contribution in [2.75, 3.05) is 46.3 Å². The van der Waals surface area contributed by atoms with Gasteiger partial charge < -0.3 is 20.4 Å². The zero-order chi connectivity index (χ0) is 19.1. The number of piperidine rings is 1. The highest BCUT2D eigenvalue weighted by molar-refractivity contribution is 5.94.